The maximum Gasteiger partial charge on any atom is 0.154 e. The Hall–Kier alpha value is -2.67. The number of phenols is 2. The SMILES string of the molecule is CCN(CC)c1ccc(N2CCN(Cc3cc(O)ccc3O)CC2)nc1N(CC)CC. The van der Waals surface area contributed by atoms with Crippen molar-refractivity contribution in [2.75, 3.05) is 67.1 Å². The second-order valence-electron chi connectivity index (χ2n) is 7.93. The molecule has 0 atom stereocenters. The molecule has 1 aromatic heterocycles. The van der Waals surface area contributed by atoms with Gasteiger partial charge in [-0.15, -0.1) is 0 Å². The van der Waals surface area contributed by atoms with Crippen molar-refractivity contribution in [3.63, 3.8) is 0 Å². The molecule has 7 nitrogen and oxygen atoms in total. The molecule has 0 amide bonds. The summed E-state index contributed by atoms with van der Waals surface area (Å²) in [4.78, 5) is 14.5. The Labute approximate surface area is 186 Å². The molecule has 0 spiro atoms. The Morgan fingerprint density at radius 3 is 2.10 bits per heavy atom. The first-order valence-electron chi connectivity index (χ1n) is 11.5. The van der Waals surface area contributed by atoms with E-state index in [1.54, 1.807) is 12.1 Å². The van der Waals surface area contributed by atoms with Crippen LogP contribution in [-0.2, 0) is 6.54 Å². The Balaban J connectivity index is 1.73. The molecule has 0 aliphatic carbocycles. The van der Waals surface area contributed by atoms with Gasteiger partial charge in [0.25, 0.3) is 0 Å². The van der Waals surface area contributed by atoms with Gasteiger partial charge in [-0.25, -0.2) is 4.98 Å². The topological polar surface area (TPSA) is 66.3 Å². The number of nitrogens with zero attached hydrogens (tertiary/aromatic N) is 5. The predicted octanol–water partition coefficient (Wildman–Crippen LogP) is 3.51. The van der Waals surface area contributed by atoms with Gasteiger partial charge in [0.15, 0.2) is 5.82 Å². The zero-order valence-electron chi connectivity index (χ0n) is 19.4. The van der Waals surface area contributed by atoms with Crippen LogP contribution in [0.3, 0.4) is 0 Å². The van der Waals surface area contributed by atoms with E-state index in [0.717, 1.165) is 69.6 Å². The van der Waals surface area contributed by atoms with Crippen molar-refractivity contribution >= 4 is 17.3 Å². The summed E-state index contributed by atoms with van der Waals surface area (Å²) < 4.78 is 0. The van der Waals surface area contributed by atoms with E-state index in [1.807, 2.05) is 0 Å². The number of piperazine rings is 1. The molecule has 0 unspecified atom stereocenters. The number of phenolic OH excluding ortho intramolecular Hbond substituents is 2. The molecule has 170 valence electrons. The number of anilines is 3. The standard InChI is InChI=1S/C24H37N5O2/c1-5-27(6-2)21-10-12-23(25-24(21)28(7-3)8-4)29-15-13-26(14-16-29)18-19-17-20(30)9-11-22(19)31/h9-12,17,30-31H,5-8,13-16,18H2,1-4H3. The Morgan fingerprint density at radius 1 is 0.839 bits per heavy atom. The molecule has 1 aliphatic heterocycles. The molecule has 1 fully saturated rings. The number of aromatic hydroxyl groups is 2. The molecule has 1 aliphatic rings. The molecular formula is C24H37N5O2. The normalized spacial score (nSPS) is 14.6. The Bertz CT molecular complexity index is 844. The van der Waals surface area contributed by atoms with E-state index in [-0.39, 0.29) is 11.5 Å². The van der Waals surface area contributed by atoms with Crippen LogP contribution in [0.15, 0.2) is 30.3 Å². The first kappa shape index (κ1) is 23.0. The summed E-state index contributed by atoms with van der Waals surface area (Å²) in [5, 5.41) is 19.8. The minimum atomic E-state index is 0.188. The lowest BCUT2D eigenvalue weighted by Crippen LogP contribution is -2.46. The molecule has 1 saturated heterocycles. The fourth-order valence-corrected chi connectivity index (χ4v) is 4.25. The summed E-state index contributed by atoms with van der Waals surface area (Å²) in [5.74, 6) is 2.52. The lowest BCUT2D eigenvalue weighted by atomic mass is 10.1. The molecular weight excluding hydrogens is 390 g/mol. The van der Waals surface area contributed by atoms with Crippen molar-refractivity contribution in [1.29, 1.82) is 0 Å². The molecule has 0 radical (unpaired) electrons. The number of aromatic nitrogens is 1. The minimum Gasteiger partial charge on any atom is -0.508 e. The molecule has 31 heavy (non-hydrogen) atoms. The Morgan fingerprint density at radius 2 is 1.48 bits per heavy atom. The van der Waals surface area contributed by atoms with Crippen LogP contribution in [0.1, 0.15) is 33.3 Å². The van der Waals surface area contributed by atoms with Gasteiger partial charge in [-0.2, -0.15) is 0 Å². The van der Waals surface area contributed by atoms with E-state index in [9.17, 15) is 10.2 Å². The van der Waals surface area contributed by atoms with Crippen LogP contribution in [0, 0.1) is 0 Å². The van der Waals surface area contributed by atoms with Crippen LogP contribution in [0.2, 0.25) is 0 Å². The zero-order chi connectivity index (χ0) is 22.4. The molecule has 2 N–H and O–H groups in total. The van der Waals surface area contributed by atoms with Crippen LogP contribution in [-0.4, -0.2) is 72.5 Å². The molecule has 1 aromatic carbocycles. The summed E-state index contributed by atoms with van der Waals surface area (Å²) in [6.45, 7) is 16.7. The van der Waals surface area contributed by atoms with Crippen molar-refractivity contribution in [3.8, 4) is 11.5 Å². The summed E-state index contributed by atoms with van der Waals surface area (Å²) in [6, 6.07) is 9.08. The third-order valence-electron chi connectivity index (χ3n) is 6.16. The van der Waals surface area contributed by atoms with Crippen LogP contribution in [0.4, 0.5) is 17.3 Å². The van der Waals surface area contributed by atoms with Crippen molar-refractivity contribution in [2.24, 2.45) is 0 Å². The van der Waals surface area contributed by atoms with Gasteiger partial charge in [-0.1, -0.05) is 0 Å². The number of pyridine rings is 1. The minimum absolute atomic E-state index is 0.188. The van der Waals surface area contributed by atoms with E-state index in [0.29, 0.717) is 6.54 Å². The maximum atomic E-state index is 10.1. The second-order valence-corrected chi connectivity index (χ2v) is 7.93. The van der Waals surface area contributed by atoms with Gasteiger partial charge in [0.2, 0.25) is 0 Å². The van der Waals surface area contributed by atoms with Gasteiger partial charge in [-0.3, -0.25) is 4.90 Å². The van der Waals surface area contributed by atoms with Crippen LogP contribution < -0.4 is 14.7 Å². The molecule has 3 rings (SSSR count). The van der Waals surface area contributed by atoms with Gasteiger partial charge in [0.1, 0.15) is 17.3 Å². The smallest absolute Gasteiger partial charge is 0.154 e. The number of hydrogen-bond donors (Lipinski definition) is 2. The third kappa shape index (κ3) is 5.34. The van der Waals surface area contributed by atoms with E-state index >= 15 is 0 Å². The van der Waals surface area contributed by atoms with E-state index < -0.39 is 0 Å². The van der Waals surface area contributed by atoms with Crippen LogP contribution in [0.5, 0.6) is 11.5 Å². The molecule has 2 aromatic rings. The van der Waals surface area contributed by atoms with Crippen molar-refractivity contribution < 1.29 is 10.2 Å². The third-order valence-corrected chi connectivity index (χ3v) is 6.16. The summed E-state index contributed by atoms with van der Waals surface area (Å²) in [5.41, 5.74) is 1.97. The fourth-order valence-electron chi connectivity index (χ4n) is 4.25. The number of rotatable bonds is 9. The van der Waals surface area contributed by atoms with E-state index in [2.05, 4.69) is 59.4 Å². The molecule has 0 saturated carbocycles. The summed E-state index contributed by atoms with van der Waals surface area (Å²) in [7, 11) is 0. The highest BCUT2D eigenvalue weighted by atomic mass is 16.3. The molecule has 0 bridgehead atoms. The lowest BCUT2D eigenvalue weighted by Gasteiger charge is -2.36. The molecule has 7 heteroatoms. The van der Waals surface area contributed by atoms with Gasteiger partial charge in [-0.05, 0) is 58.0 Å². The van der Waals surface area contributed by atoms with Crippen molar-refractivity contribution in [2.45, 2.75) is 34.2 Å². The quantitative estimate of drug-likeness (QED) is 0.594. The van der Waals surface area contributed by atoms with Gasteiger partial charge in [0, 0.05) is 64.5 Å². The van der Waals surface area contributed by atoms with Crippen LogP contribution >= 0.6 is 0 Å². The zero-order valence-corrected chi connectivity index (χ0v) is 19.4. The number of benzene rings is 1. The average Bonchev–Trinajstić information content (AvgIpc) is 2.79. The van der Waals surface area contributed by atoms with Crippen molar-refractivity contribution in [1.82, 2.24) is 9.88 Å². The largest absolute Gasteiger partial charge is 0.508 e. The summed E-state index contributed by atoms with van der Waals surface area (Å²) in [6.07, 6.45) is 0. The van der Waals surface area contributed by atoms with Gasteiger partial charge >= 0.3 is 0 Å². The van der Waals surface area contributed by atoms with Crippen molar-refractivity contribution in [3.05, 3.63) is 35.9 Å². The summed E-state index contributed by atoms with van der Waals surface area (Å²) >= 11 is 0. The molecule has 2 heterocycles. The Kier molecular flexibility index (Phi) is 7.85. The van der Waals surface area contributed by atoms with Gasteiger partial charge in [0.05, 0.1) is 5.69 Å². The second kappa shape index (κ2) is 10.6. The average molecular weight is 428 g/mol. The van der Waals surface area contributed by atoms with Crippen LogP contribution in [0.25, 0.3) is 0 Å². The van der Waals surface area contributed by atoms with Gasteiger partial charge < -0.3 is 24.9 Å². The lowest BCUT2D eigenvalue weighted by molar-refractivity contribution is 0.246. The van der Waals surface area contributed by atoms with E-state index in [1.165, 1.54) is 11.8 Å². The first-order chi connectivity index (χ1) is 15.0. The highest BCUT2D eigenvalue weighted by molar-refractivity contribution is 5.70. The highest BCUT2D eigenvalue weighted by Crippen LogP contribution is 2.31. The maximum absolute atomic E-state index is 10.1. The fraction of sp³-hybridized carbons (Fsp3) is 0.542. The number of hydrogen-bond acceptors (Lipinski definition) is 7. The predicted molar refractivity (Wildman–Crippen MR) is 129 cm³/mol. The van der Waals surface area contributed by atoms with E-state index in [4.69, 9.17) is 4.98 Å². The highest BCUT2D eigenvalue weighted by Gasteiger charge is 2.22. The monoisotopic (exact) mass is 427 g/mol. The first-order valence-corrected chi connectivity index (χ1v) is 11.5.